The van der Waals surface area contributed by atoms with Crippen molar-refractivity contribution < 1.29 is 14.3 Å². The highest BCUT2D eigenvalue weighted by molar-refractivity contribution is 6.32. The Hall–Kier alpha value is -3.82. The number of amides is 1. The van der Waals surface area contributed by atoms with Crippen molar-refractivity contribution in [2.75, 3.05) is 13.2 Å². The maximum atomic E-state index is 12.2. The van der Waals surface area contributed by atoms with Crippen molar-refractivity contribution in [3.05, 3.63) is 95.0 Å². The summed E-state index contributed by atoms with van der Waals surface area (Å²) in [5.41, 5.74) is 3.80. The molecule has 0 aliphatic heterocycles. The number of para-hydroxylation sites is 1. The van der Waals surface area contributed by atoms with Crippen LogP contribution in [-0.2, 0) is 4.79 Å². The molecule has 1 amide bonds. The lowest BCUT2D eigenvalue weighted by atomic mass is 10.0. The SMILES string of the molecule is N#C[C@H](C(=O)N/N=C\c1ccc(OCCOc2ccccc2Cl)cc1)c1ccccc1. The van der Waals surface area contributed by atoms with Crippen molar-refractivity contribution >= 4 is 23.7 Å². The summed E-state index contributed by atoms with van der Waals surface area (Å²) in [4.78, 5) is 12.2. The fourth-order valence-electron chi connectivity index (χ4n) is 2.69. The lowest BCUT2D eigenvalue weighted by Crippen LogP contribution is -2.24. The molecule has 0 aliphatic rings. The number of nitriles is 1. The summed E-state index contributed by atoms with van der Waals surface area (Å²) >= 11 is 6.04. The van der Waals surface area contributed by atoms with E-state index in [9.17, 15) is 10.1 Å². The average molecular weight is 434 g/mol. The minimum atomic E-state index is -0.915. The van der Waals surface area contributed by atoms with E-state index < -0.39 is 11.8 Å². The minimum Gasteiger partial charge on any atom is -0.490 e. The number of rotatable bonds is 9. The molecule has 0 aromatic heterocycles. The Bertz CT molecular complexity index is 1060. The summed E-state index contributed by atoms with van der Waals surface area (Å²) < 4.78 is 11.2. The first-order valence-electron chi connectivity index (χ1n) is 9.55. The molecule has 156 valence electrons. The minimum absolute atomic E-state index is 0.362. The van der Waals surface area contributed by atoms with Gasteiger partial charge in [-0.3, -0.25) is 4.79 Å². The van der Waals surface area contributed by atoms with Crippen LogP contribution in [0.4, 0.5) is 0 Å². The van der Waals surface area contributed by atoms with Gasteiger partial charge < -0.3 is 9.47 Å². The zero-order valence-corrected chi connectivity index (χ0v) is 17.3. The summed E-state index contributed by atoms with van der Waals surface area (Å²) in [5, 5.41) is 13.8. The van der Waals surface area contributed by atoms with Gasteiger partial charge in [0.15, 0.2) is 5.92 Å². The average Bonchev–Trinajstić information content (AvgIpc) is 2.80. The van der Waals surface area contributed by atoms with E-state index >= 15 is 0 Å². The molecule has 3 aromatic carbocycles. The highest BCUT2D eigenvalue weighted by atomic mass is 35.5. The van der Waals surface area contributed by atoms with Crippen molar-refractivity contribution in [2.24, 2.45) is 5.10 Å². The lowest BCUT2D eigenvalue weighted by Gasteiger charge is -2.09. The van der Waals surface area contributed by atoms with E-state index in [-0.39, 0.29) is 0 Å². The smallest absolute Gasteiger partial charge is 0.261 e. The number of carbonyl (C=O) groups excluding carboxylic acids is 1. The molecule has 0 unspecified atom stereocenters. The largest absolute Gasteiger partial charge is 0.490 e. The molecule has 0 radical (unpaired) electrons. The van der Waals surface area contributed by atoms with Gasteiger partial charge in [-0.05, 0) is 47.5 Å². The molecule has 0 saturated carbocycles. The molecule has 6 nitrogen and oxygen atoms in total. The van der Waals surface area contributed by atoms with Crippen molar-refractivity contribution in [3.63, 3.8) is 0 Å². The van der Waals surface area contributed by atoms with Crippen molar-refractivity contribution in [3.8, 4) is 17.6 Å². The Labute approximate surface area is 185 Å². The molecule has 3 aromatic rings. The first kappa shape index (κ1) is 21.9. The van der Waals surface area contributed by atoms with E-state index in [1.54, 1.807) is 60.7 Å². The molecule has 0 aliphatic carbocycles. The lowest BCUT2D eigenvalue weighted by molar-refractivity contribution is -0.121. The number of hydrogen-bond donors (Lipinski definition) is 1. The Morgan fingerprint density at radius 1 is 1.00 bits per heavy atom. The molecule has 0 bridgehead atoms. The topological polar surface area (TPSA) is 83.7 Å². The van der Waals surface area contributed by atoms with Crippen LogP contribution in [0.5, 0.6) is 11.5 Å². The molecule has 31 heavy (non-hydrogen) atoms. The standard InChI is InChI=1S/C24H20ClN3O3/c25-22-8-4-5-9-23(22)31-15-14-30-20-12-10-18(11-13-20)17-27-28-24(29)21(16-26)19-6-2-1-3-7-19/h1-13,17,21H,14-15H2,(H,28,29)/b27-17-/t21-/m0/s1. The number of hydrogen-bond acceptors (Lipinski definition) is 5. The monoisotopic (exact) mass is 433 g/mol. The van der Waals surface area contributed by atoms with Gasteiger partial charge in [-0.1, -0.05) is 54.1 Å². The van der Waals surface area contributed by atoms with Crippen LogP contribution >= 0.6 is 11.6 Å². The zero-order chi connectivity index (χ0) is 21.9. The second-order valence-corrected chi connectivity index (χ2v) is 6.81. The predicted octanol–water partition coefficient (Wildman–Crippen LogP) is 4.56. The van der Waals surface area contributed by atoms with Crippen LogP contribution in [0.3, 0.4) is 0 Å². The predicted molar refractivity (Wildman–Crippen MR) is 119 cm³/mol. The number of nitrogens with zero attached hydrogens (tertiary/aromatic N) is 2. The fourth-order valence-corrected chi connectivity index (χ4v) is 2.88. The van der Waals surface area contributed by atoms with Crippen LogP contribution in [0.2, 0.25) is 5.02 Å². The Morgan fingerprint density at radius 2 is 1.68 bits per heavy atom. The second-order valence-electron chi connectivity index (χ2n) is 6.40. The first-order chi connectivity index (χ1) is 15.2. The molecular formula is C24H20ClN3O3. The summed E-state index contributed by atoms with van der Waals surface area (Å²) in [6.07, 6.45) is 1.50. The summed E-state index contributed by atoms with van der Waals surface area (Å²) in [5.74, 6) is -0.102. The summed E-state index contributed by atoms with van der Waals surface area (Å²) in [7, 11) is 0. The number of ether oxygens (including phenoxy) is 2. The molecular weight excluding hydrogens is 414 g/mol. The van der Waals surface area contributed by atoms with Crippen LogP contribution in [-0.4, -0.2) is 25.3 Å². The van der Waals surface area contributed by atoms with Crippen molar-refractivity contribution in [1.82, 2.24) is 5.43 Å². The molecule has 3 rings (SSSR count). The van der Waals surface area contributed by atoms with E-state index in [2.05, 4.69) is 10.5 Å². The van der Waals surface area contributed by atoms with Crippen LogP contribution in [0.25, 0.3) is 0 Å². The van der Waals surface area contributed by atoms with Gasteiger partial charge in [0, 0.05) is 0 Å². The van der Waals surface area contributed by atoms with Crippen LogP contribution in [0.1, 0.15) is 17.0 Å². The van der Waals surface area contributed by atoms with Gasteiger partial charge in [0.05, 0.1) is 17.3 Å². The number of benzene rings is 3. The normalized spacial score (nSPS) is 11.5. The third-order valence-corrected chi connectivity index (χ3v) is 4.55. The fraction of sp³-hybridized carbons (Fsp3) is 0.125. The van der Waals surface area contributed by atoms with Gasteiger partial charge in [0.2, 0.25) is 0 Å². The van der Waals surface area contributed by atoms with E-state index in [4.69, 9.17) is 21.1 Å². The van der Waals surface area contributed by atoms with Crippen LogP contribution < -0.4 is 14.9 Å². The Kier molecular flexibility index (Phi) is 8.04. The first-order valence-corrected chi connectivity index (χ1v) is 9.93. The molecule has 1 N–H and O–H groups in total. The molecule has 0 saturated heterocycles. The maximum Gasteiger partial charge on any atom is 0.261 e. The van der Waals surface area contributed by atoms with E-state index in [0.29, 0.717) is 35.3 Å². The third kappa shape index (κ3) is 6.59. The Morgan fingerprint density at radius 3 is 2.39 bits per heavy atom. The highest BCUT2D eigenvalue weighted by Gasteiger charge is 2.19. The molecule has 1 atom stereocenters. The number of nitrogens with one attached hydrogen (secondary N) is 1. The molecule has 0 spiro atoms. The van der Waals surface area contributed by atoms with Gasteiger partial charge in [0.1, 0.15) is 24.7 Å². The number of hydrazone groups is 1. The quantitative estimate of drug-likeness (QED) is 0.304. The Balaban J connectivity index is 1.44. The van der Waals surface area contributed by atoms with E-state index in [1.165, 1.54) is 6.21 Å². The van der Waals surface area contributed by atoms with Gasteiger partial charge in [-0.15, -0.1) is 0 Å². The van der Waals surface area contributed by atoms with Crippen LogP contribution in [0, 0.1) is 11.3 Å². The van der Waals surface area contributed by atoms with Gasteiger partial charge in [-0.2, -0.15) is 10.4 Å². The number of carbonyl (C=O) groups is 1. The van der Waals surface area contributed by atoms with Gasteiger partial charge >= 0.3 is 0 Å². The summed E-state index contributed by atoms with van der Waals surface area (Å²) in [6, 6.07) is 25.3. The molecule has 0 fully saturated rings. The number of halogens is 1. The second kappa shape index (κ2) is 11.4. The molecule has 0 heterocycles. The third-order valence-electron chi connectivity index (χ3n) is 4.24. The van der Waals surface area contributed by atoms with Gasteiger partial charge in [-0.25, -0.2) is 5.43 Å². The van der Waals surface area contributed by atoms with E-state index in [1.807, 2.05) is 24.3 Å². The van der Waals surface area contributed by atoms with Gasteiger partial charge in [0.25, 0.3) is 5.91 Å². The summed E-state index contributed by atoms with van der Waals surface area (Å²) in [6.45, 7) is 0.726. The van der Waals surface area contributed by atoms with E-state index in [0.717, 1.165) is 5.56 Å². The highest BCUT2D eigenvalue weighted by Crippen LogP contribution is 2.23. The van der Waals surface area contributed by atoms with Crippen molar-refractivity contribution in [1.29, 1.82) is 5.26 Å². The van der Waals surface area contributed by atoms with Crippen LogP contribution in [0.15, 0.2) is 84.0 Å². The molecule has 7 heteroatoms. The zero-order valence-electron chi connectivity index (χ0n) is 16.6. The maximum absolute atomic E-state index is 12.2. The van der Waals surface area contributed by atoms with Crippen molar-refractivity contribution in [2.45, 2.75) is 5.92 Å².